The number of hydrogen-bond acceptors (Lipinski definition) is 3. The van der Waals surface area contributed by atoms with Gasteiger partial charge in [0.2, 0.25) is 5.91 Å². The third kappa shape index (κ3) is 5.80. The number of hydrogen-bond donors (Lipinski definition) is 3. The Morgan fingerprint density at radius 1 is 1.28 bits per heavy atom. The van der Waals surface area contributed by atoms with Crippen molar-refractivity contribution in [2.24, 2.45) is 5.73 Å². The summed E-state index contributed by atoms with van der Waals surface area (Å²) >= 11 is 0. The summed E-state index contributed by atoms with van der Waals surface area (Å²) in [5.41, 5.74) is 6.87. The number of nitrogens with one attached hydrogen (secondary N) is 2. The van der Waals surface area contributed by atoms with Crippen LogP contribution in [0.25, 0.3) is 0 Å². The molecular weight excluding hydrogens is 226 g/mol. The molecule has 0 aliphatic rings. The first kappa shape index (κ1) is 14.7. The monoisotopic (exact) mass is 249 g/mol. The summed E-state index contributed by atoms with van der Waals surface area (Å²) in [5, 5.41) is 6.18. The lowest BCUT2D eigenvalue weighted by atomic mass is 10.1. The van der Waals surface area contributed by atoms with Crippen molar-refractivity contribution in [3.8, 4) is 0 Å². The number of carbonyl (C=O) groups is 1. The zero-order chi connectivity index (χ0) is 13.4. The van der Waals surface area contributed by atoms with E-state index in [9.17, 15) is 4.79 Å². The van der Waals surface area contributed by atoms with Crippen LogP contribution in [0.2, 0.25) is 0 Å². The molecule has 4 heteroatoms. The van der Waals surface area contributed by atoms with E-state index in [2.05, 4.69) is 22.8 Å². The van der Waals surface area contributed by atoms with E-state index in [1.807, 2.05) is 32.0 Å². The first-order chi connectivity index (χ1) is 8.61. The average Bonchev–Trinajstić information content (AvgIpc) is 2.34. The molecule has 0 saturated carbocycles. The molecule has 18 heavy (non-hydrogen) atoms. The van der Waals surface area contributed by atoms with Crippen molar-refractivity contribution >= 4 is 5.91 Å². The second-order valence-corrected chi connectivity index (χ2v) is 4.73. The van der Waals surface area contributed by atoms with E-state index in [4.69, 9.17) is 5.73 Å². The molecule has 100 valence electrons. The van der Waals surface area contributed by atoms with Crippen molar-refractivity contribution in [1.82, 2.24) is 10.6 Å². The Labute approximate surface area is 109 Å². The molecule has 0 aliphatic heterocycles. The van der Waals surface area contributed by atoms with Crippen molar-refractivity contribution < 1.29 is 4.79 Å². The van der Waals surface area contributed by atoms with Gasteiger partial charge < -0.3 is 16.4 Å². The van der Waals surface area contributed by atoms with Crippen LogP contribution in [0.5, 0.6) is 0 Å². The van der Waals surface area contributed by atoms with Crippen molar-refractivity contribution in [2.45, 2.75) is 38.9 Å². The van der Waals surface area contributed by atoms with Crippen LogP contribution in [0.15, 0.2) is 30.3 Å². The van der Waals surface area contributed by atoms with Crippen molar-refractivity contribution in [3.05, 3.63) is 35.9 Å². The summed E-state index contributed by atoms with van der Waals surface area (Å²) in [5.74, 6) is 0.0426. The van der Waals surface area contributed by atoms with Gasteiger partial charge in [-0.2, -0.15) is 0 Å². The van der Waals surface area contributed by atoms with Gasteiger partial charge in [-0.25, -0.2) is 0 Å². The van der Waals surface area contributed by atoms with Crippen LogP contribution in [0, 0.1) is 0 Å². The number of benzene rings is 1. The molecule has 0 radical (unpaired) electrons. The lowest BCUT2D eigenvalue weighted by Crippen LogP contribution is -2.41. The smallest absolute Gasteiger partial charge is 0.221 e. The zero-order valence-electron chi connectivity index (χ0n) is 11.1. The summed E-state index contributed by atoms with van der Waals surface area (Å²) in [6, 6.07) is 10.3. The Morgan fingerprint density at radius 3 is 2.50 bits per heavy atom. The van der Waals surface area contributed by atoms with Gasteiger partial charge in [-0.05, 0) is 19.4 Å². The minimum atomic E-state index is 0.0176. The fourth-order valence-corrected chi connectivity index (χ4v) is 1.70. The fourth-order valence-electron chi connectivity index (χ4n) is 1.70. The Hall–Kier alpha value is -1.39. The fraction of sp³-hybridized carbons (Fsp3) is 0.500. The second kappa shape index (κ2) is 7.84. The predicted molar refractivity (Wildman–Crippen MR) is 74.0 cm³/mol. The first-order valence-corrected chi connectivity index (χ1v) is 6.38. The topological polar surface area (TPSA) is 67.2 Å². The van der Waals surface area contributed by atoms with E-state index in [1.54, 1.807) is 0 Å². The molecule has 4 N–H and O–H groups in total. The predicted octanol–water partition coefficient (Wildman–Crippen LogP) is 1.02. The van der Waals surface area contributed by atoms with Crippen LogP contribution in [0.1, 0.15) is 25.8 Å². The van der Waals surface area contributed by atoms with Crippen molar-refractivity contribution in [3.63, 3.8) is 0 Å². The molecular formula is C14H23N3O. The third-order valence-electron chi connectivity index (χ3n) is 2.60. The van der Waals surface area contributed by atoms with Gasteiger partial charge in [0.15, 0.2) is 0 Å². The molecule has 0 bridgehead atoms. The van der Waals surface area contributed by atoms with Gasteiger partial charge in [0.25, 0.3) is 0 Å². The van der Waals surface area contributed by atoms with Crippen LogP contribution in [0.4, 0.5) is 0 Å². The summed E-state index contributed by atoms with van der Waals surface area (Å²) in [4.78, 5) is 11.6. The van der Waals surface area contributed by atoms with Gasteiger partial charge in [0, 0.05) is 31.6 Å². The van der Waals surface area contributed by atoms with Gasteiger partial charge >= 0.3 is 0 Å². The van der Waals surface area contributed by atoms with Gasteiger partial charge in [0.1, 0.15) is 0 Å². The second-order valence-electron chi connectivity index (χ2n) is 4.73. The Balaban J connectivity index is 2.36. The van der Waals surface area contributed by atoms with Gasteiger partial charge in [-0.3, -0.25) is 4.79 Å². The van der Waals surface area contributed by atoms with Crippen molar-refractivity contribution in [1.29, 1.82) is 0 Å². The molecule has 0 aliphatic carbocycles. The van der Waals surface area contributed by atoms with Crippen LogP contribution in [-0.2, 0) is 11.3 Å². The molecule has 1 rings (SSSR count). The minimum absolute atomic E-state index is 0.0176. The molecule has 1 atom stereocenters. The summed E-state index contributed by atoms with van der Waals surface area (Å²) in [6.07, 6.45) is 0.418. The third-order valence-corrected chi connectivity index (χ3v) is 2.60. The van der Waals surface area contributed by atoms with Crippen LogP contribution in [0.3, 0.4) is 0 Å². The molecule has 1 aromatic carbocycles. The Kier molecular flexibility index (Phi) is 6.39. The van der Waals surface area contributed by atoms with Crippen molar-refractivity contribution in [2.75, 3.05) is 6.54 Å². The van der Waals surface area contributed by atoms with E-state index in [1.165, 1.54) is 5.56 Å². The number of nitrogens with two attached hydrogens (primary N) is 1. The van der Waals surface area contributed by atoms with Crippen LogP contribution < -0.4 is 16.4 Å². The average molecular weight is 249 g/mol. The number of rotatable bonds is 7. The zero-order valence-corrected chi connectivity index (χ0v) is 11.1. The molecule has 0 heterocycles. The quantitative estimate of drug-likeness (QED) is 0.676. The Morgan fingerprint density at radius 2 is 1.94 bits per heavy atom. The standard InChI is InChI=1S/C14H23N3O/c1-11(2)17-14(18)8-13(9-15)16-10-12-6-4-3-5-7-12/h3-7,11,13,16H,8-10,15H2,1-2H3,(H,17,18). The van der Waals surface area contributed by atoms with E-state index in [-0.39, 0.29) is 18.0 Å². The maximum absolute atomic E-state index is 11.6. The lowest BCUT2D eigenvalue weighted by molar-refractivity contribution is -0.122. The number of amides is 1. The van der Waals surface area contributed by atoms with Gasteiger partial charge in [-0.15, -0.1) is 0 Å². The van der Waals surface area contributed by atoms with Gasteiger partial charge in [0.05, 0.1) is 0 Å². The summed E-state index contributed by atoms with van der Waals surface area (Å²) in [6.45, 7) is 5.09. The van der Waals surface area contributed by atoms with Crippen LogP contribution in [-0.4, -0.2) is 24.5 Å². The SMILES string of the molecule is CC(C)NC(=O)CC(CN)NCc1ccccc1. The molecule has 0 fully saturated rings. The maximum Gasteiger partial charge on any atom is 0.221 e. The highest BCUT2D eigenvalue weighted by Crippen LogP contribution is 1.99. The van der Waals surface area contributed by atoms with E-state index < -0.39 is 0 Å². The number of carbonyl (C=O) groups excluding carboxylic acids is 1. The molecule has 0 aromatic heterocycles. The van der Waals surface area contributed by atoms with E-state index in [0.29, 0.717) is 13.0 Å². The summed E-state index contributed by atoms with van der Waals surface area (Å²) < 4.78 is 0. The highest BCUT2D eigenvalue weighted by Gasteiger charge is 2.12. The maximum atomic E-state index is 11.6. The molecule has 0 saturated heterocycles. The minimum Gasteiger partial charge on any atom is -0.354 e. The van der Waals surface area contributed by atoms with E-state index >= 15 is 0 Å². The molecule has 0 spiro atoms. The highest BCUT2D eigenvalue weighted by atomic mass is 16.1. The molecule has 1 aromatic rings. The lowest BCUT2D eigenvalue weighted by Gasteiger charge is -2.17. The van der Waals surface area contributed by atoms with E-state index in [0.717, 1.165) is 6.54 Å². The van der Waals surface area contributed by atoms with Gasteiger partial charge in [-0.1, -0.05) is 30.3 Å². The normalized spacial score (nSPS) is 12.4. The largest absolute Gasteiger partial charge is 0.354 e. The Bertz CT molecular complexity index is 351. The summed E-state index contributed by atoms with van der Waals surface area (Å²) in [7, 11) is 0. The molecule has 1 unspecified atom stereocenters. The highest BCUT2D eigenvalue weighted by molar-refractivity contribution is 5.76. The molecule has 1 amide bonds. The van der Waals surface area contributed by atoms with Crippen LogP contribution >= 0.6 is 0 Å². The first-order valence-electron chi connectivity index (χ1n) is 6.38. The molecule has 4 nitrogen and oxygen atoms in total.